The van der Waals surface area contributed by atoms with Crippen molar-refractivity contribution in [2.75, 3.05) is 14.2 Å². The molecule has 112 valence electrons. The van der Waals surface area contributed by atoms with Crippen molar-refractivity contribution < 1.29 is 13.9 Å². The molecule has 0 saturated carbocycles. The van der Waals surface area contributed by atoms with E-state index in [2.05, 4.69) is 5.43 Å². The number of rotatable bonds is 5. The third-order valence-electron chi connectivity index (χ3n) is 3.21. The maximum Gasteiger partial charge on any atom is 0.129 e. The Labute approximate surface area is 127 Å². The third-order valence-corrected chi connectivity index (χ3v) is 3.54. The minimum atomic E-state index is -0.639. The van der Waals surface area contributed by atoms with Crippen molar-refractivity contribution >= 4 is 11.6 Å². The van der Waals surface area contributed by atoms with Gasteiger partial charge in [-0.15, -0.1) is 0 Å². The summed E-state index contributed by atoms with van der Waals surface area (Å²) in [5.41, 5.74) is 3.51. The number of methoxy groups -OCH3 is 2. The van der Waals surface area contributed by atoms with Crippen LogP contribution in [-0.2, 0) is 0 Å². The number of hydrazine groups is 1. The van der Waals surface area contributed by atoms with Crippen LogP contribution in [0.2, 0.25) is 5.02 Å². The van der Waals surface area contributed by atoms with Crippen LogP contribution in [0.25, 0.3) is 0 Å². The van der Waals surface area contributed by atoms with Gasteiger partial charge in [0.15, 0.2) is 0 Å². The van der Waals surface area contributed by atoms with Crippen molar-refractivity contribution in [3.8, 4) is 11.5 Å². The number of hydrogen-bond acceptors (Lipinski definition) is 4. The van der Waals surface area contributed by atoms with Gasteiger partial charge in [0.2, 0.25) is 0 Å². The second-order valence-electron chi connectivity index (χ2n) is 4.34. The maximum absolute atomic E-state index is 14.1. The van der Waals surface area contributed by atoms with Gasteiger partial charge in [-0.05, 0) is 24.3 Å². The molecule has 0 amide bonds. The highest BCUT2D eigenvalue weighted by Gasteiger charge is 2.23. The van der Waals surface area contributed by atoms with Gasteiger partial charge < -0.3 is 9.47 Å². The van der Waals surface area contributed by atoms with E-state index in [0.29, 0.717) is 17.1 Å². The van der Waals surface area contributed by atoms with E-state index in [1.807, 2.05) is 0 Å². The highest BCUT2D eigenvalue weighted by atomic mass is 35.5. The van der Waals surface area contributed by atoms with Crippen molar-refractivity contribution in [1.82, 2.24) is 5.43 Å². The molecule has 0 fully saturated rings. The molecule has 1 unspecified atom stereocenters. The van der Waals surface area contributed by atoms with Crippen LogP contribution in [0.5, 0.6) is 11.5 Å². The Bertz CT molecular complexity index is 617. The lowest BCUT2D eigenvalue weighted by molar-refractivity contribution is 0.387. The summed E-state index contributed by atoms with van der Waals surface area (Å²) < 4.78 is 24.6. The highest BCUT2D eigenvalue weighted by Crippen LogP contribution is 2.36. The Balaban J connectivity index is 2.56. The molecule has 1 atom stereocenters. The highest BCUT2D eigenvalue weighted by molar-refractivity contribution is 6.31. The molecule has 0 aromatic heterocycles. The first-order chi connectivity index (χ1) is 10.1. The predicted octanol–water partition coefficient (Wildman–Crippen LogP) is 3.05. The summed E-state index contributed by atoms with van der Waals surface area (Å²) in [4.78, 5) is 0. The van der Waals surface area contributed by atoms with Crippen molar-refractivity contribution in [2.24, 2.45) is 5.84 Å². The van der Waals surface area contributed by atoms with Crippen LogP contribution in [0, 0.1) is 5.82 Å². The van der Waals surface area contributed by atoms with Gasteiger partial charge in [0, 0.05) is 22.2 Å². The summed E-state index contributed by atoms with van der Waals surface area (Å²) in [6.07, 6.45) is 0. The Morgan fingerprint density at radius 3 is 2.52 bits per heavy atom. The fourth-order valence-electron chi connectivity index (χ4n) is 2.17. The Hall–Kier alpha value is -1.82. The van der Waals surface area contributed by atoms with Gasteiger partial charge in [0.05, 0.1) is 20.3 Å². The molecule has 3 N–H and O–H groups in total. The monoisotopic (exact) mass is 310 g/mol. The molecule has 0 aliphatic rings. The molecule has 0 bridgehead atoms. The van der Waals surface area contributed by atoms with Crippen LogP contribution < -0.4 is 20.7 Å². The van der Waals surface area contributed by atoms with E-state index >= 15 is 0 Å². The van der Waals surface area contributed by atoms with Gasteiger partial charge in [-0.25, -0.2) is 9.82 Å². The second-order valence-corrected chi connectivity index (χ2v) is 4.75. The molecule has 2 aromatic rings. The minimum absolute atomic E-state index is 0.269. The molecule has 0 spiro atoms. The lowest BCUT2D eigenvalue weighted by atomic mass is 9.97. The van der Waals surface area contributed by atoms with Gasteiger partial charge in [-0.1, -0.05) is 17.7 Å². The van der Waals surface area contributed by atoms with Gasteiger partial charge in [0.1, 0.15) is 17.3 Å². The third kappa shape index (κ3) is 3.10. The molecular weight excluding hydrogens is 295 g/mol. The van der Waals surface area contributed by atoms with Gasteiger partial charge in [-0.2, -0.15) is 0 Å². The number of ether oxygens (including phenoxy) is 2. The van der Waals surface area contributed by atoms with Crippen LogP contribution in [0.1, 0.15) is 17.2 Å². The Kier molecular flexibility index (Phi) is 5.01. The zero-order valence-electron chi connectivity index (χ0n) is 11.7. The molecule has 0 aliphatic heterocycles. The molecule has 0 heterocycles. The number of nitrogens with one attached hydrogen (secondary N) is 1. The number of halogens is 2. The summed E-state index contributed by atoms with van der Waals surface area (Å²) in [7, 11) is 3.08. The summed E-state index contributed by atoms with van der Waals surface area (Å²) in [5.74, 6) is 6.32. The first kappa shape index (κ1) is 15.6. The van der Waals surface area contributed by atoms with Gasteiger partial charge in [-0.3, -0.25) is 5.84 Å². The average molecular weight is 311 g/mol. The Morgan fingerprint density at radius 1 is 1.19 bits per heavy atom. The van der Waals surface area contributed by atoms with E-state index in [0.717, 1.165) is 0 Å². The van der Waals surface area contributed by atoms with Crippen molar-refractivity contribution in [1.29, 1.82) is 0 Å². The van der Waals surface area contributed by atoms with Crippen LogP contribution in [0.4, 0.5) is 4.39 Å². The lowest BCUT2D eigenvalue weighted by Gasteiger charge is -2.21. The fraction of sp³-hybridized carbons (Fsp3) is 0.200. The first-order valence-electron chi connectivity index (χ1n) is 6.24. The van der Waals surface area contributed by atoms with E-state index < -0.39 is 11.9 Å². The van der Waals surface area contributed by atoms with E-state index in [1.54, 1.807) is 37.4 Å². The van der Waals surface area contributed by atoms with Crippen molar-refractivity contribution in [3.05, 3.63) is 58.4 Å². The largest absolute Gasteiger partial charge is 0.497 e. The van der Waals surface area contributed by atoms with Crippen LogP contribution in [0.3, 0.4) is 0 Å². The molecular formula is C15H16ClFN2O2. The van der Waals surface area contributed by atoms with Crippen LogP contribution in [-0.4, -0.2) is 14.2 Å². The zero-order valence-corrected chi connectivity index (χ0v) is 12.4. The summed E-state index contributed by atoms with van der Waals surface area (Å²) >= 11 is 6.11. The van der Waals surface area contributed by atoms with E-state index in [1.165, 1.54) is 13.2 Å². The number of hydrogen-bond donors (Lipinski definition) is 2. The summed E-state index contributed by atoms with van der Waals surface area (Å²) in [5, 5.41) is 0.288. The van der Waals surface area contributed by atoms with E-state index in [4.69, 9.17) is 26.9 Å². The minimum Gasteiger partial charge on any atom is -0.497 e. The zero-order chi connectivity index (χ0) is 15.4. The predicted molar refractivity (Wildman–Crippen MR) is 80.1 cm³/mol. The summed E-state index contributed by atoms with van der Waals surface area (Å²) in [6, 6.07) is 9.05. The molecule has 0 aliphatic carbocycles. The van der Waals surface area contributed by atoms with Crippen molar-refractivity contribution in [2.45, 2.75) is 6.04 Å². The molecule has 0 radical (unpaired) electrons. The van der Waals surface area contributed by atoms with Crippen LogP contribution >= 0.6 is 11.6 Å². The topological polar surface area (TPSA) is 56.5 Å². The van der Waals surface area contributed by atoms with E-state index in [9.17, 15) is 4.39 Å². The van der Waals surface area contributed by atoms with Crippen molar-refractivity contribution in [3.63, 3.8) is 0 Å². The normalized spacial score (nSPS) is 12.0. The van der Waals surface area contributed by atoms with Gasteiger partial charge >= 0.3 is 0 Å². The van der Waals surface area contributed by atoms with Gasteiger partial charge in [0.25, 0.3) is 0 Å². The SMILES string of the molecule is COc1ccc(C(NN)c2c(F)cccc2Cl)c(OC)c1. The Morgan fingerprint density at radius 2 is 1.95 bits per heavy atom. The fourth-order valence-corrected chi connectivity index (χ4v) is 2.44. The van der Waals surface area contributed by atoms with Crippen LogP contribution in [0.15, 0.2) is 36.4 Å². The molecule has 6 heteroatoms. The number of benzene rings is 2. The maximum atomic E-state index is 14.1. The average Bonchev–Trinajstić information content (AvgIpc) is 2.50. The smallest absolute Gasteiger partial charge is 0.129 e. The second kappa shape index (κ2) is 6.76. The summed E-state index contributed by atoms with van der Waals surface area (Å²) in [6.45, 7) is 0. The molecule has 4 nitrogen and oxygen atoms in total. The lowest BCUT2D eigenvalue weighted by Crippen LogP contribution is -2.30. The standard InChI is InChI=1S/C15H16ClFN2O2/c1-20-9-6-7-10(13(8-9)21-2)15(19-18)14-11(16)4-3-5-12(14)17/h3-8,15,19H,18H2,1-2H3. The van der Waals surface area contributed by atoms with E-state index in [-0.39, 0.29) is 10.6 Å². The first-order valence-corrected chi connectivity index (χ1v) is 6.62. The molecule has 21 heavy (non-hydrogen) atoms. The molecule has 2 rings (SSSR count). The number of nitrogens with two attached hydrogens (primary N) is 1. The quantitative estimate of drug-likeness (QED) is 0.658. The molecule has 0 saturated heterocycles. The molecule has 2 aromatic carbocycles.